The van der Waals surface area contributed by atoms with E-state index >= 15 is 0 Å². The van der Waals surface area contributed by atoms with Gasteiger partial charge in [-0.2, -0.15) is 5.10 Å². The number of carbonyl (C=O) groups is 1. The SMILES string of the molecule is O=C(c1cc(-c2ccccc2)nc2ccccc12)N1N=C2/C(=C/c3ccc(Br)cc3)CCC[C@H]2[C@@H]1c1ccc(Br)cc1. The van der Waals surface area contributed by atoms with Crippen molar-refractivity contribution in [3.05, 3.63) is 140 Å². The van der Waals surface area contributed by atoms with Gasteiger partial charge in [0.2, 0.25) is 0 Å². The predicted molar refractivity (Wildman–Crippen MR) is 177 cm³/mol. The van der Waals surface area contributed by atoms with Gasteiger partial charge in [-0.3, -0.25) is 4.79 Å². The van der Waals surface area contributed by atoms with Crippen molar-refractivity contribution < 1.29 is 4.79 Å². The molecule has 5 aromatic rings. The number of amides is 1. The molecule has 7 rings (SSSR count). The van der Waals surface area contributed by atoms with E-state index in [2.05, 4.69) is 74.3 Å². The Hall–Kier alpha value is -3.87. The first-order valence-electron chi connectivity index (χ1n) is 14.1. The van der Waals surface area contributed by atoms with Crippen molar-refractivity contribution in [3.8, 4) is 11.3 Å². The van der Waals surface area contributed by atoms with Gasteiger partial charge < -0.3 is 0 Å². The van der Waals surface area contributed by atoms with Crippen LogP contribution < -0.4 is 0 Å². The number of pyridine rings is 1. The lowest BCUT2D eigenvalue weighted by molar-refractivity contribution is 0.0683. The number of nitrogens with zero attached hydrogens (tertiary/aromatic N) is 3. The Bertz CT molecular complexity index is 1850. The highest BCUT2D eigenvalue weighted by Gasteiger charge is 2.44. The Morgan fingerprint density at radius 3 is 2.29 bits per heavy atom. The summed E-state index contributed by atoms with van der Waals surface area (Å²) in [5.74, 6) is 0.0101. The second kappa shape index (κ2) is 11.4. The largest absolute Gasteiger partial charge is 0.275 e. The van der Waals surface area contributed by atoms with Crippen LogP contribution in [0, 0.1) is 5.92 Å². The van der Waals surface area contributed by atoms with Gasteiger partial charge in [-0.1, -0.05) is 105 Å². The van der Waals surface area contributed by atoms with E-state index in [0.29, 0.717) is 5.56 Å². The number of carbonyl (C=O) groups excluding carboxylic acids is 1. The molecule has 1 fully saturated rings. The summed E-state index contributed by atoms with van der Waals surface area (Å²) < 4.78 is 2.06. The zero-order valence-electron chi connectivity index (χ0n) is 22.8. The van der Waals surface area contributed by atoms with Gasteiger partial charge in [0.05, 0.1) is 28.5 Å². The first kappa shape index (κ1) is 27.0. The lowest BCUT2D eigenvalue weighted by Gasteiger charge is -2.30. The molecule has 0 radical (unpaired) electrons. The van der Waals surface area contributed by atoms with Gasteiger partial charge in [-0.05, 0) is 78.4 Å². The van der Waals surface area contributed by atoms with Crippen LogP contribution in [0.3, 0.4) is 0 Å². The number of halogens is 2. The summed E-state index contributed by atoms with van der Waals surface area (Å²) in [7, 11) is 0. The van der Waals surface area contributed by atoms with Crippen molar-refractivity contribution in [2.75, 3.05) is 0 Å². The molecule has 1 aliphatic heterocycles. The molecule has 0 unspecified atom stereocenters. The molecule has 1 amide bonds. The Morgan fingerprint density at radius 1 is 0.833 bits per heavy atom. The Labute approximate surface area is 262 Å². The number of rotatable bonds is 4. The number of benzene rings is 4. The number of fused-ring (bicyclic) bond motifs is 2. The standard InChI is InChI=1S/C36H27Br2N3O/c37-27-17-13-23(14-18-27)21-26-9-6-11-30-34(26)40-41(35(30)25-15-19-28(38)20-16-25)36(42)31-22-33(24-7-2-1-3-8-24)39-32-12-5-4-10-29(31)32/h1-5,7-8,10,12-22,30,35H,6,9,11H2/b26-21+/t30-,35+/m1/s1. The summed E-state index contributed by atoms with van der Waals surface area (Å²) in [6, 6.07) is 36.3. The van der Waals surface area contributed by atoms with Crippen molar-refractivity contribution in [2.24, 2.45) is 11.0 Å². The first-order valence-corrected chi connectivity index (χ1v) is 15.7. The molecule has 1 aromatic heterocycles. The van der Waals surface area contributed by atoms with Crippen LogP contribution in [0.2, 0.25) is 0 Å². The minimum absolute atomic E-state index is 0.108. The van der Waals surface area contributed by atoms with E-state index in [9.17, 15) is 4.79 Å². The van der Waals surface area contributed by atoms with E-state index in [4.69, 9.17) is 10.1 Å². The fourth-order valence-corrected chi connectivity index (χ4v) is 6.68. The number of allylic oxidation sites excluding steroid dienone is 1. The lowest BCUT2D eigenvalue weighted by atomic mass is 9.77. The van der Waals surface area contributed by atoms with Gasteiger partial charge in [-0.25, -0.2) is 9.99 Å². The van der Waals surface area contributed by atoms with Crippen LogP contribution in [0.15, 0.2) is 129 Å². The van der Waals surface area contributed by atoms with Gasteiger partial charge in [0.1, 0.15) is 0 Å². The van der Waals surface area contributed by atoms with Gasteiger partial charge in [0.25, 0.3) is 5.91 Å². The average Bonchev–Trinajstić information content (AvgIpc) is 3.43. The van der Waals surface area contributed by atoms with Crippen molar-refractivity contribution in [1.29, 1.82) is 0 Å². The van der Waals surface area contributed by atoms with Crippen LogP contribution in [0.1, 0.15) is 46.8 Å². The van der Waals surface area contributed by atoms with Crippen molar-refractivity contribution >= 4 is 60.5 Å². The zero-order valence-corrected chi connectivity index (χ0v) is 25.9. The smallest absolute Gasteiger partial charge is 0.267 e. The molecule has 2 heterocycles. The molecule has 4 aromatic carbocycles. The molecule has 4 nitrogen and oxygen atoms in total. The van der Waals surface area contributed by atoms with Crippen LogP contribution in [0.4, 0.5) is 0 Å². The molecule has 0 bridgehead atoms. The van der Waals surface area contributed by atoms with Crippen molar-refractivity contribution in [2.45, 2.75) is 25.3 Å². The molecule has 0 spiro atoms. The van der Waals surface area contributed by atoms with Gasteiger partial charge in [0, 0.05) is 25.8 Å². The van der Waals surface area contributed by atoms with E-state index in [1.165, 1.54) is 5.57 Å². The van der Waals surface area contributed by atoms with E-state index in [-0.39, 0.29) is 17.9 Å². The number of hydrogen-bond acceptors (Lipinski definition) is 3. The molecular weight excluding hydrogens is 650 g/mol. The molecular formula is C36H27Br2N3O. The zero-order chi connectivity index (χ0) is 28.6. The van der Waals surface area contributed by atoms with Gasteiger partial charge >= 0.3 is 0 Å². The number of para-hydroxylation sites is 1. The lowest BCUT2D eigenvalue weighted by Crippen LogP contribution is -2.32. The molecule has 1 saturated carbocycles. The maximum atomic E-state index is 14.7. The normalized spacial score (nSPS) is 19.1. The van der Waals surface area contributed by atoms with Gasteiger partial charge in [0.15, 0.2) is 0 Å². The van der Waals surface area contributed by atoms with Crippen LogP contribution in [0.5, 0.6) is 0 Å². The third-order valence-corrected chi connectivity index (χ3v) is 9.21. The fourth-order valence-electron chi connectivity index (χ4n) is 6.15. The first-order chi connectivity index (χ1) is 20.5. The summed E-state index contributed by atoms with van der Waals surface area (Å²) in [6.07, 6.45) is 5.21. The van der Waals surface area contributed by atoms with Crippen molar-refractivity contribution in [3.63, 3.8) is 0 Å². The number of hydrogen-bond donors (Lipinski definition) is 0. The molecule has 6 heteroatoms. The van der Waals surface area contributed by atoms with Crippen molar-refractivity contribution in [1.82, 2.24) is 9.99 Å². The fraction of sp³-hybridized carbons (Fsp3) is 0.139. The molecule has 1 aliphatic carbocycles. The third-order valence-electron chi connectivity index (χ3n) is 8.15. The highest BCUT2D eigenvalue weighted by atomic mass is 79.9. The monoisotopic (exact) mass is 675 g/mol. The van der Waals surface area contributed by atoms with E-state index in [1.54, 1.807) is 5.01 Å². The van der Waals surface area contributed by atoms with Crippen LogP contribution in [-0.2, 0) is 0 Å². The number of hydrazone groups is 1. The highest BCUT2D eigenvalue weighted by Crippen LogP contribution is 2.45. The minimum Gasteiger partial charge on any atom is -0.267 e. The summed E-state index contributed by atoms with van der Waals surface area (Å²) in [5, 5.41) is 7.74. The minimum atomic E-state index is -0.193. The average molecular weight is 677 g/mol. The second-order valence-corrected chi connectivity index (χ2v) is 12.6. The maximum absolute atomic E-state index is 14.7. The summed E-state index contributed by atoms with van der Waals surface area (Å²) in [6.45, 7) is 0. The van der Waals surface area contributed by atoms with Crippen LogP contribution in [0.25, 0.3) is 28.2 Å². The number of aromatic nitrogens is 1. The summed E-state index contributed by atoms with van der Waals surface area (Å²) in [4.78, 5) is 19.6. The predicted octanol–water partition coefficient (Wildman–Crippen LogP) is 9.86. The van der Waals surface area contributed by atoms with E-state index in [1.807, 2.05) is 72.8 Å². The topological polar surface area (TPSA) is 45.6 Å². The summed E-state index contributed by atoms with van der Waals surface area (Å²) in [5.41, 5.74) is 7.60. The van der Waals surface area contributed by atoms with Crippen LogP contribution >= 0.6 is 31.9 Å². The third kappa shape index (κ3) is 5.14. The van der Waals surface area contributed by atoms with E-state index < -0.39 is 0 Å². The Kier molecular flexibility index (Phi) is 7.34. The van der Waals surface area contributed by atoms with E-state index in [0.717, 1.165) is 67.2 Å². The summed E-state index contributed by atoms with van der Waals surface area (Å²) >= 11 is 7.13. The molecule has 206 valence electrons. The van der Waals surface area contributed by atoms with Gasteiger partial charge in [-0.15, -0.1) is 0 Å². The maximum Gasteiger partial charge on any atom is 0.275 e. The highest BCUT2D eigenvalue weighted by molar-refractivity contribution is 9.10. The second-order valence-electron chi connectivity index (χ2n) is 10.8. The Morgan fingerprint density at radius 2 is 1.52 bits per heavy atom. The Balaban J connectivity index is 1.37. The van der Waals surface area contributed by atoms with Crippen LogP contribution in [-0.4, -0.2) is 21.6 Å². The molecule has 0 N–H and O–H groups in total. The molecule has 2 aliphatic rings. The molecule has 0 saturated heterocycles. The quantitative estimate of drug-likeness (QED) is 0.190. The molecule has 2 atom stereocenters. The molecule has 42 heavy (non-hydrogen) atoms.